The van der Waals surface area contributed by atoms with Crippen LogP contribution in [0, 0.1) is 0 Å². The van der Waals surface area contributed by atoms with Crippen LogP contribution in [0.5, 0.6) is 0 Å². The van der Waals surface area contributed by atoms with E-state index in [-0.39, 0.29) is 18.5 Å². The average molecular weight is 278 g/mol. The number of carbonyl (C=O) groups excluding carboxylic acids is 1. The van der Waals surface area contributed by atoms with E-state index in [9.17, 15) is 9.59 Å². The van der Waals surface area contributed by atoms with Gasteiger partial charge in [0.25, 0.3) is 0 Å². The lowest BCUT2D eigenvalue weighted by Gasteiger charge is -2.26. The fraction of sp³-hybridized carbons (Fsp3) is 0.467. The molecule has 0 radical (unpaired) electrons. The molecule has 0 saturated carbocycles. The SMILES string of the molecule is CCC(NC(=O)NC(C)(C)CC(=O)O)c1ccccc1. The van der Waals surface area contributed by atoms with Crippen molar-refractivity contribution in [1.29, 1.82) is 0 Å². The van der Waals surface area contributed by atoms with E-state index in [1.807, 2.05) is 37.3 Å². The van der Waals surface area contributed by atoms with Gasteiger partial charge in [-0.2, -0.15) is 0 Å². The van der Waals surface area contributed by atoms with Crippen LogP contribution in [0.4, 0.5) is 4.79 Å². The molecule has 1 unspecified atom stereocenters. The summed E-state index contributed by atoms with van der Waals surface area (Å²) in [6.45, 7) is 5.36. The van der Waals surface area contributed by atoms with E-state index in [1.54, 1.807) is 13.8 Å². The van der Waals surface area contributed by atoms with Gasteiger partial charge in [0.1, 0.15) is 0 Å². The van der Waals surface area contributed by atoms with E-state index in [0.29, 0.717) is 0 Å². The maximum atomic E-state index is 12.0. The zero-order valence-electron chi connectivity index (χ0n) is 12.1. The summed E-state index contributed by atoms with van der Waals surface area (Å²) in [5.74, 6) is -0.939. The predicted molar refractivity (Wildman–Crippen MR) is 77.5 cm³/mol. The Labute approximate surface area is 119 Å². The van der Waals surface area contributed by atoms with Gasteiger partial charge in [0.05, 0.1) is 12.5 Å². The van der Waals surface area contributed by atoms with E-state index in [4.69, 9.17) is 5.11 Å². The average Bonchev–Trinajstić information content (AvgIpc) is 2.34. The van der Waals surface area contributed by atoms with Crippen molar-refractivity contribution in [1.82, 2.24) is 10.6 Å². The molecule has 1 aromatic rings. The van der Waals surface area contributed by atoms with Crippen LogP contribution in [0.25, 0.3) is 0 Å². The third-order valence-corrected chi connectivity index (χ3v) is 2.96. The van der Waals surface area contributed by atoms with Gasteiger partial charge in [-0.15, -0.1) is 0 Å². The van der Waals surface area contributed by atoms with Gasteiger partial charge in [-0.1, -0.05) is 37.3 Å². The minimum absolute atomic E-state index is 0.0863. The highest BCUT2D eigenvalue weighted by Gasteiger charge is 2.24. The molecule has 0 aliphatic heterocycles. The number of rotatable bonds is 6. The molecule has 5 nitrogen and oxygen atoms in total. The molecule has 0 spiro atoms. The highest BCUT2D eigenvalue weighted by molar-refractivity contribution is 5.77. The Morgan fingerprint density at radius 3 is 2.35 bits per heavy atom. The fourth-order valence-electron chi connectivity index (χ4n) is 2.03. The molecule has 0 aliphatic rings. The molecule has 110 valence electrons. The molecule has 0 saturated heterocycles. The summed E-state index contributed by atoms with van der Waals surface area (Å²) in [5.41, 5.74) is 0.242. The molecular formula is C15H22N2O3. The fourth-order valence-corrected chi connectivity index (χ4v) is 2.03. The van der Waals surface area contributed by atoms with Gasteiger partial charge >= 0.3 is 12.0 Å². The summed E-state index contributed by atoms with van der Waals surface area (Å²) in [6.07, 6.45) is 0.638. The molecule has 2 amide bonds. The summed E-state index contributed by atoms with van der Waals surface area (Å²) in [7, 11) is 0. The zero-order valence-corrected chi connectivity index (χ0v) is 12.1. The van der Waals surface area contributed by atoms with E-state index >= 15 is 0 Å². The van der Waals surface area contributed by atoms with Crippen molar-refractivity contribution in [3.63, 3.8) is 0 Å². The zero-order chi connectivity index (χ0) is 15.2. The number of amides is 2. The minimum atomic E-state index is -0.939. The predicted octanol–water partition coefficient (Wildman–Crippen LogP) is 2.69. The number of aliphatic carboxylic acids is 1. The summed E-state index contributed by atoms with van der Waals surface area (Å²) in [6, 6.07) is 9.24. The molecule has 20 heavy (non-hydrogen) atoms. The lowest BCUT2D eigenvalue weighted by Crippen LogP contribution is -2.50. The first-order valence-corrected chi connectivity index (χ1v) is 6.69. The standard InChI is InChI=1S/C15H22N2O3/c1-4-12(11-8-6-5-7-9-11)16-14(20)17-15(2,3)10-13(18)19/h5-9,12H,4,10H2,1-3H3,(H,18,19)(H2,16,17,20). The Hall–Kier alpha value is -2.04. The second-order valence-corrected chi connectivity index (χ2v) is 5.42. The third-order valence-electron chi connectivity index (χ3n) is 2.96. The number of hydrogen-bond acceptors (Lipinski definition) is 2. The maximum Gasteiger partial charge on any atom is 0.315 e. The number of hydrogen-bond donors (Lipinski definition) is 3. The molecule has 0 aromatic heterocycles. The molecule has 0 fully saturated rings. The number of urea groups is 1. The first-order chi connectivity index (χ1) is 9.34. The van der Waals surface area contributed by atoms with Crippen LogP contribution in [0.15, 0.2) is 30.3 Å². The first kappa shape index (κ1) is 16.0. The Morgan fingerprint density at radius 2 is 1.85 bits per heavy atom. The lowest BCUT2D eigenvalue weighted by atomic mass is 10.0. The molecule has 1 rings (SSSR count). The lowest BCUT2D eigenvalue weighted by molar-refractivity contribution is -0.138. The van der Waals surface area contributed by atoms with Crippen LogP contribution in [0.2, 0.25) is 0 Å². The van der Waals surface area contributed by atoms with E-state index in [2.05, 4.69) is 10.6 Å². The van der Waals surface area contributed by atoms with Crippen molar-refractivity contribution < 1.29 is 14.7 Å². The van der Waals surface area contributed by atoms with E-state index < -0.39 is 11.5 Å². The van der Waals surface area contributed by atoms with E-state index in [1.165, 1.54) is 0 Å². The van der Waals surface area contributed by atoms with Crippen molar-refractivity contribution in [2.24, 2.45) is 0 Å². The molecule has 1 aromatic carbocycles. The molecule has 1 atom stereocenters. The van der Waals surface area contributed by atoms with Gasteiger partial charge in [-0.05, 0) is 25.8 Å². The largest absolute Gasteiger partial charge is 0.481 e. The van der Waals surface area contributed by atoms with Gasteiger partial charge in [-0.25, -0.2) is 4.79 Å². The van der Waals surface area contributed by atoms with E-state index in [0.717, 1.165) is 12.0 Å². The maximum absolute atomic E-state index is 12.0. The van der Waals surface area contributed by atoms with Crippen molar-refractivity contribution in [3.05, 3.63) is 35.9 Å². The Kier molecular flexibility index (Phi) is 5.55. The summed E-state index contributed by atoms with van der Waals surface area (Å²) < 4.78 is 0. The Bertz CT molecular complexity index is 457. The highest BCUT2D eigenvalue weighted by Crippen LogP contribution is 2.16. The van der Waals surface area contributed by atoms with Crippen LogP contribution < -0.4 is 10.6 Å². The Morgan fingerprint density at radius 1 is 1.25 bits per heavy atom. The van der Waals surface area contributed by atoms with Crippen molar-refractivity contribution in [3.8, 4) is 0 Å². The second-order valence-electron chi connectivity index (χ2n) is 5.42. The summed E-state index contributed by atoms with van der Waals surface area (Å²) >= 11 is 0. The normalized spacial score (nSPS) is 12.6. The smallest absolute Gasteiger partial charge is 0.315 e. The first-order valence-electron chi connectivity index (χ1n) is 6.69. The van der Waals surface area contributed by atoms with Crippen LogP contribution >= 0.6 is 0 Å². The number of carbonyl (C=O) groups is 2. The topological polar surface area (TPSA) is 78.4 Å². The third kappa shape index (κ3) is 5.30. The molecule has 0 aliphatic carbocycles. The number of nitrogens with one attached hydrogen (secondary N) is 2. The van der Waals surface area contributed by atoms with Crippen LogP contribution in [0.1, 0.15) is 45.2 Å². The van der Waals surface area contributed by atoms with Gasteiger partial charge < -0.3 is 15.7 Å². The molecule has 5 heteroatoms. The van der Waals surface area contributed by atoms with Gasteiger partial charge in [-0.3, -0.25) is 4.79 Å². The van der Waals surface area contributed by atoms with Crippen LogP contribution in [-0.4, -0.2) is 22.6 Å². The molecule has 3 N–H and O–H groups in total. The van der Waals surface area contributed by atoms with Crippen LogP contribution in [0.3, 0.4) is 0 Å². The number of benzene rings is 1. The van der Waals surface area contributed by atoms with Crippen molar-refractivity contribution in [2.75, 3.05) is 0 Å². The monoisotopic (exact) mass is 278 g/mol. The van der Waals surface area contributed by atoms with Gasteiger partial charge in [0, 0.05) is 5.54 Å². The van der Waals surface area contributed by atoms with Gasteiger partial charge in [0.2, 0.25) is 0 Å². The Balaban J connectivity index is 2.62. The quantitative estimate of drug-likeness (QED) is 0.748. The van der Waals surface area contributed by atoms with Crippen LogP contribution in [-0.2, 0) is 4.79 Å². The second kappa shape index (κ2) is 6.93. The number of carboxylic acids is 1. The minimum Gasteiger partial charge on any atom is -0.481 e. The molecule has 0 bridgehead atoms. The molecule has 0 heterocycles. The van der Waals surface area contributed by atoms with Crippen molar-refractivity contribution in [2.45, 2.75) is 45.2 Å². The highest BCUT2D eigenvalue weighted by atomic mass is 16.4. The number of carboxylic acid groups (broad SMARTS) is 1. The van der Waals surface area contributed by atoms with Gasteiger partial charge in [0.15, 0.2) is 0 Å². The summed E-state index contributed by atoms with van der Waals surface area (Å²) in [4.78, 5) is 22.7. The molecular weight excluding hydrogens is 256 g/mol. The van der Waals surface area contributed by atoms with Crippen molar-refractivity contribution >= 4 is 12.0 Å². The summed E-state index contributed by atoms with van der Waals surface area (Å²) in [5, 5.41) is 14.4.